The normalized spacial score (nSPS) is 18.1. The predicted octanol–water partition coefficient (Wildman–Crippen LogP) is 0.255. The molecule has 0 saturated heterocycles. The van der Waals surface area contributed by atoms with Crippen LogP contribution in [0.4, 0.5) is 0 Å². The summed E-state index contributed by atoms with van der Waals surface area (Å²) < 4.78 is 0. The molecular formula is C4H4N3O2. The van der Waals surface area contributed by atoms with Gasteiger partial charge in [-0.05, 0) is 9.92 Å². The van der Waals surface area contributed by atoms with Crippen LogP contribution in [0.3, 0.4) is 0 Å². The highest BCUT2D eigenvalue weighted by atomic mass is 16.6. The molecule has 0 atom stereocenters. The van der Waals surface area contributed by atoms with E-state index in [1.54, 1.807) is 6.92 Å². The number of amidine groups is 1. The molecule has 0 saturated carbocycles. The van der Waals surface area contributed by atoms with E-state index < -0.39 is 4.92 Å². The van der Waals surface area contributed by atoms with Crippen molar-refractivity contribution in [2.45, 2.75) is 6.92 Å². The van der Waals surface area contributed by atoms with Crippen molar-refractivity contribution in [3.05, 3.63) is 16.3 Å². The van der Waals surface area contributed by atoms with Gasteiger partial charge in [-0.3, -0.25) is 0 Å². The molecule has 0 amide bonds. The van der Waals surface area contributed by atoms with Gasteiger partial charge in [0.05, 0.1) is 0 Å². The first-order valence-corrected chi connectivity index (χ1v) is 2.31. The van der Waals surface area contributed by atoms with Crippen molar-refractivity contribution in [1.82, 2.24) is 0 Å². The zero-order valence-corrected chi connectivity index (χ0v) is 4.74. The van der Waals surface area contributed by atoms with E-state index in [9.17, 15) is 10.1 Å². The number of nitro groups is 1. The largest absolute Gasteiger partial charge is 0.379 e. The lowest BCUT2D eigenvalue weighted by Crippen LogP contribution is -2.09. The molecular weight excluding hydrogens is 122 g/mol. The van der Waals surface area contributed by atoms with Crippen LogP contribution in [0, 0.1) is 16.3 Å². The molecule has 5 nitrogen and oxygen atoms in total. The van der Waals surface area contributed by atoms with E-state index in [4.69, 9.17) is 0 Å². The highest BCUT2D eigenvalue weighted by Gasteiger charge is 2.19. The van der Waals surface area contributed by atoms with Crippen LogP contribution in [-0.4, -0.2) is 17.0 Å². The van der Waals surface area contributed by atoms with E-state index in [0.29, 0.717) is 6.17 Å². The van der Waals surface area contributed by atoms with Crippen LogP contribution >= 0.6 is 0 Å². The van der Waals surface area contributed by atoms with Gasteiger partial charge in [0.25, 0.3) is 0 Å². The maximum atomic E-state index is 9.92. The molecule has 0 aliphatic carbocycles. The third kappa shape index (κ3) is 1.10. The lowest BCUT2D eigenvalue weighted by Gasteiger charge is -1.83. The summed E-state index contributed by atoms with van der Waals surface area (Å²) in [6.07, 6.45) is 1.57. The molecule has 1 rings (SSSR count). The fourth-order valence-electron chi connectivity index (χ4n) is 0.463. The molecule has 0 aromatic heterocycles. The van der Waals surface area contributed by atoms with E-state index in [1.165, 1.54) is 0 Å². The molecule has 1 heterocycles. The first kappa shape index (κ1) is 5.87. The number of hydrogen-bond acceptors (Lipinski definition) is 4. The van der Waals surface area contributed by atoms with Crippen molar-refractivity contribution in [3.8, 4) is 0 Å². The average molecular weight is 126 g/mol. The fourth-order valence-corrected chi connectivity index (χ4v) is 0.463. The Balaban J connectivity index is 2.75. The molecule has 5 heteroatoms. The second-order valence-corrected chi connectivity index (χ2v) is 1.53. The van der Waals surface area contributed by atoms with Crippen molar-refractivity contribution in [2.75, 3.05) is 0 Å². The third-order valence-electron chi connectivity index (χ3n) is 0.830. The molecule has 0 bridgehead atoms. The molecule has 1 aliphatic rings. The second kappa shape index (κ2) is 1.93. The SMILES string of the molecule is C[C]1N=CC([N+](=O)[O-])=N1. The van der Waals surface area contributed by atoms with Crippen LogP contribution in [0.1, 0.15) is 6.92 Å². The van der Waals surface area contributed by atoms with Gasteiger partial charge in [0.2, 0.25) is 0 Å². The van der Waals surface area contributed by atoms with Gasteiger partial charge in [0.1, 0.15) is 6.21 Å². The highest BCUT2D eigenvalue weighted by molar-refractivity contribution is 6.26. The van der Waals surface area contributed by atoms with Crippen molar-refractivity contribution in [1.29, 1.82) is 0 Å². The summed E-state index contributed by atoms with van der Waals surface area (Å²) in [6, 6.07) is 0. The maximum Gasteiger partial charge on any atom is 0.379 e. The first-order chi connectivity index (χ1) is 4.20. The highest BCUT2D eigenvalue weighted by Crippen LogP contribution is 2.06. The topological polar surface area (TPSA) is 67.9 Å². The molecule has 0 unspecified atom stereocenters. The molecule has 0 N–H and O–H groups in total. The van der Waals surface area contributed by atoms with Crippen molar-refractivity contribution in [3.63, 3.8) is 0 Å². The molecule has 47 valence electrons. The quantitative estimate of drug-likeness (QED) is 0.345. The van der Waals surface area contributed by atoms with Crippen molar-refractivity contribution in [2.24, 2.45) is 9.98 Å². The van der Waals surface area contributed by atoms with Crippen molar-refractivity contribution < 1.29 is 4.92 Å². The molecule has 1 radical (unpaired) electrons. The smallest absolute Gasteiger partial charge is 0.358 e. The number of rotatable bonds is 0. The van der Waals surface area contributed by atoms with Crippen LogP contribution < -0.4 is 0 Å². The maximum absolute atomic E-state index is 9.92. The van der Waals surface area contributed by atoms with Gasteiger partial charge in [-0.15, -0.1) is 0 Å². The Morgan fingerprint density at radius 1 is 1.78 bits per heavy atom. The van der Waals surface area contributed by atoms with Crippen LogP contribution in [-0.2, 0) is 0 Å². The van der Waals surface area contributed by atoms with E-state index >= 15 is 0 Å². The van der Waals surface area contributed by atoms with Gasteiger partial charge in [-0.2, -0.15) is 0 Å². The summed E-state index contributed by atoms with van der Waals surface area (Å²) in [4.78, 5) is 16.4. The summed E-state index contributed by atoms with van der Waals surface area (Å²) in [7, 11) is 0. The minimum absolute atomic E-state index is 0.187. The summed E-state index contributed by atoms with van der Waals surface area (Å²) in [5.74, 6) is -0.187. The van der Waals surface area contributed by atoms with Gasteiger partial charge in [0.15, 0.2) is 0 Å². The molecule has 1 aliphatic heterocycles. The van der Waals surface area contributed by atoms with E-state index in [1.807, 2.05) is 0 Å². The van der Waals surface area contributed by atoms with Gasteiger partial charge in [0, 0.05) is 6.92 Å². The Hall–Kier alpha value is -1.26. The first-order valence-electron chi connectivity index (χ1n) is 2.31. The molecule has 0 fully saturated rings. The number of hydrogen-bond donors (Lipinski definition) is 0. The lowest BCUT2D eigenvalue weighted by atomic mass is 10.6. The van der Waals surface area contributed by atoms with Crippen LogP contribution in [0.15, 0.2) is 9.98 Å². The third-order valence-corrected chi connectivity index (χ3v) is 0.830. The standard InChI is InChI=1S/C4H4N3O2/c1-3-5-2-4(6-3)7(8)9/h2H,1H3. The second-order valence-electron chi connectivity index (χ2n) is 1.53. The Bertz CT molecular complexity index is 196. The van der Waals surface area contributed by atoms with Gasteiger partial charge in [-0.25, -0.2) is 4.99 Å². The summed E-state index contributed by atoms with van der Waals surface area (Å²) >= 11 is 0. The molecule has 0 aromatic rings. The van der Waals surface area contributed by atoms with E-state index in [-0.39, 0.29) is 5.84 Å². The van der Waals surface area contributed by atoms with E-state index in [2.05, 4.69) is 9.98 Å². The zero-order valence-electron chi connectivity index (χ0n) is 4.74. The van der Waals surface area contributed by atoms with Gasteiger partial charge in [-0.1, -0.05) is 0 Å². The Kier molecular flexibility index (Phi) is 1.26. The molecule has 0 spiro atoms. The fraction of sp³-hybridized carbons (Fsp3) is 0.250. The van der Waals surface area contributed by atoms with Crippen molar-refractivity contribution >= 4 is 12.1 Å². The number of nitrogens with zero attached hydrogens (tertiary/aromatic N) is 3. The minimum atomic E-state index is -0.569. The van der Waals surface area contributed by atoms with Crippen LogP contribution in [0.25, 0.3) is 0 Å². The summed E-state index contributed by atoms with van der Waals surface area (Å²) in [5.41, 5.74) is 0. The van der Waals surface area contributed by atoms with Gasteiger partial charge < -0.3 is 10.1 Å². The Morgan fingerprint density at radius 2 is 2.44 bits per heavy atom. The lowest BCUT2D eigenvalue weighted by molar-refractivity contribution is -0.345. The average Bonchev–Trinajstić information content (AvgIpc) is 2.14. The predicted molar refractivity (Wildman–Crippen MR) is 31.8 cm³/mol. The van der Waals surface area contributed by atoms with Gasteiger partial charge >= 0.3 is 12.0 Å². The summed E-state index contributed by atoms with van der Waals surface area (Å²) in [6.45, 7) is 1.60. The monoisotopic (exact) mass is 126 g/mol. The minimum Gasteiger partial charge on any atom is -0.358 e. The summed E-state index contributed by atoms with van der Waals surface area (Å²) in [5, 5.41) is 9.92. The van der Waals surface area contributed by atoms with E-state index in [0.717, 1.165) is 6.21 Å². The number of aliphatic imine (C=N–C) groups is 2. The Labute approximate surface area is 51.3 Å². The van der Waals surface area contributed by atoms with Crippen LogP contribution in [0.2, 0.25) is 0 Å². The Morgan fingerprint density at radius 3 is 2.67 bits per heavy atom. The molecule has 0 aromatic carbocycles. The molecule has 9 heavy (non-hydrogen) atoms. The zero-order chi connectivity index (χ0) is 6.85. The van der Waals surface area contributed by atoms with Crippen LogP contribution in [0.5, 0.6) is 0 Å².